The van der Waals surface area contributed by atoms with E-state index in [0.29, 0.717) is 18.8 Å². The quantitative estimate of drug-likeness (QED) is 0.259. The number of carbonyl (C=O) groups excluding carboxylic acids is 1. The molecular weight excluding hydrogens is 481 g/mol. The third-order valence-corrected chi connectivity index (χ3v) is 4.63. The van der Waals surface area contributed by atoms with E-state index in [4.69, 9.17) is 9.41 Å². The summed E-state index contributed by atoms with van der Waals surface area (Å²) in [7, 11) is 0. The molecule has 2 heterocycles. The number of aliphatic imine (C=N–C) groups is 1. The lowest BCUT2D eigenvalue weighted by molar-refractivity contribution is 0.0657. The summed E-state index contributed by atoms with van der Waals surface area (Å²) < 4.78 is 5.22. The summed E-state index contributed by atoms with van der Waals surface area (Å²) >= 11 is 0. The number of hydrogen-bond donors (Lipinski definition) is 2. The first-order valence-corrected chi connectivity index (χ1v) is 9.93. The Bertz CT molecular complexity index is 744. The second-order valence-electron chi connectivity index (χ2n) is 6.64. The number of guanidine groups is 1. The van der Waals surface area contributed by atoms with Gasteiger partial charge in [-0.3, -0.25) is 9.79 Å². The van der Waals surface area contributed by atoms with Crippen LogP contribution >= 0.6 is 24.0 Å². The fourth-order valence-corrected chi connectivity index (χ4v) is 3.16. The van der Waals surface area contributed by atoms with Gasteiger partial charge in [0.05, 0.1) is 6.26 Å². The number of halogens is 1. The average molecular weight is 511 g/mol. The molecule has 7 nitrogen and oxygen atoms in total. The van der Waals surface area contributed by atoms with Crippen molar-refractivity contribution < 1.29 is 9.21 Å². The van der Waals surface area contributed by atoms with Gasteiger partial charge in [0.25, 0.3) is 5.91 Å². The summed E-state index contributed by atoms with van der Waals surface area (Å²) in [4.78, 5) is 21.2. The van der Waals surface area contributed by atoms with Crippen LogP contribution in [-0.2, 0) is 0 Å². The lowest BCUT2D eigenvalue weighted by atomic mass is 10.3. The van der Waals surface area contributed by atoms with Crippen molar-refractivity contribution in [2.24, 2.45) is 4.99 Å². The van der Waals surface area contributed by atoms with Crippen molar-refractivity contribution in [3.05, 3.63) is 54.5 Å². The van der Waals surface area contributed by atoms with Crippen LogP contribution in [0, 0.1) is 0 Å². The van der Waals surface area contributed by atoms with Crippen LogP contribution in [-0.4, -0.2) is 67.5 Å². The van der Waals surface area contributed by atoms with Crippen LogP contribution < -0.4 is 10.6 Å². The molecule has 29 heavy (non-hydrogen) atoms. The van der Waals surface area contributed by atoms with Crippen molar-refractivity contribution in [2.45, 2.75) is 13.3 Å². The SMILES string of the molecule is CCNC(=NCCCNc1ccccc1)N1CCN(C(=O)c2ccco2)CC1.I. The van der Waals surface area contributed by atoms with Gasteiger partial charge < -0.3 is 24.9 Å². The van der Waals surface area contributed by atoms with Gasteiger partial charge in [0.15, 0.2) is 11.7 Å². The molecule has 0 atom stereocenters. The second-order valence-corrected chi connectivity index (χ2v) is 6.64. The maximum absolute atomic E-state index is 12.4. The molecule has 1 aromatic carbocycles. The summed E-state index contributed by atoms with van der Waals surface area (Å²) in [6.45, 7) is 7.40. The fourth-order valence-electron chi connectivity index (χ4n) is 3.16. The van der Waals surface area contributed by atoms with Crippen LogP contribution in [0.2, 0.25) is 0 Å². The maximum atomic E-state index is 12.4. The molecule has 8 heteroatoms. The van der Waals surface area contributed by atoms with E-state index in [2.05, 4.69) is 34.6 Å². The van der Waals surface area contributed by atoms with Crippen molar-refractivity contribution >= 4 is 41.5 Å². The highest BCUT2D eigenvalue weighted by Crippen LogP contribution is 2.10. The molecule has 158 valence electrons. The second kappa shape index (κ2) is 12.4. The van der Waals surface area contributed by atoms with Gasteiger partial charge >= 0.3 is 0 Å². The molecule has 0 saturated carbocycles. The van der Waals surface area contributed by atoms with E-state index in [-0.39, 0.29) is 29.9 Å². The van der Waals surface area contributed by atoms with Crippen molar-refractivity contribution in [3.63, 3.8) is 0 Å². The number of amides is 1. The van der Waals surface area contributed by atoms with Crippen molar-refractivity contribution in [1.29, 1.82) is 0 Å². The minimum atomic E-state index is -0.0430. The van der Waals surface area contributed by atoms with E-state index in [1.54, 1.807) is 12.1 Å². The molecule has 0 radical (unpaired) electrons. The van der Waals surface area contributed by atoms with Crippen LogP contribution in [0.25, 0.3) is 0 Å². The fraction of sp³-hybridized carbons (Fsp3) is 0.429. The molecule has 0 bridgehead atoms. The van der Waals surface area contributed by atoms with Gasteiger partial charge in [-0.2, -0.15) is 0 Å². The Morgan fingerprint density at radius 1 is 1.07 bits per heavy atom. The molecule has 0 spiro atoms. The van der Waals surface area contributed by atoms with Crippen LogP contribution in [0.5, 0.6) is 0 Å². The first-order chi connectivity index (χ1) is 13.8. The lowest BCUT2D eigenvalue weighted by Crippen LogP contribution is -2.53. The number of piperazine rings is 1. The topological polar surface area (TPSA) is 73.1 Å². The third-order valence-electron chi connectivity index (χ3n) is 4.63. The molecule has 2 N–H and O–H groups in total. The number of para-hydroxylation sites is 1. The normalized spacial score (nSPS) is 14.3. The smallest absolute Gasteiger partial charge is 0.289 e. The van der Waals surface area contributed by atoms with Gasteiger partial charge in [0.2, 0.25) is 0 Å². The van der Waals surface area contributed by atoms with Gasteiger partial charge in [0.1, 0.15) is 0 Å². The van der Waals surface area contributed by atoms with E-state index >= 15 is 0 Å². The van der Waals surface area contributed by atoms with Gasteiger partial charge in [-0.05, 0) is 37.6 Å². The number of hydrogen-bond acceptors (Lipinski definition) is 4. The Balaban J connectivity index is 0.00000300. The molecule has 2 aromatic rings. The van der Waals surface area contributed by atoms with Crippen LogP contribution in [0.15, 0.2) is 58.1 Å². The zero-order chi connectivity index (χ0) is 19.6. The molecule has 1 aliphatic rings. The van der Waals surface area contributed by atoms with E-state index in [0.717, 1.165) is 50.8 Å². The molecule has 0 aliphatic carbocycles. The van der Waals surface area contributed by atoms with E-state index < -0.39 is 0 Å². The highest BCUT2D eigenvalue weighted by Gasteiger charge is 2.25. The molecule has 0 unspecified atom stereocenters. The Kier molecular flexibility index (Phi) is 9.82. The molecule has 1 fully saturated rings. The summed E-state index contributed by atoms with van der Waals surface area (Å²) in [5, 5.41) is 6.77. The molecule has 3 rings (SSSR count). The van der Waals surface area contributed by atoms with E-state index in [9.17, 15) is 4.79 Å². The largest absolute Gasteiger partial charge is 0.459 e. The minimum absolute atomic E-state index is 0. The Labute approximate surface area is 189 Å². The molecule has 1 amide bonds. The van der Waals surface area contributed by atoms with Crippen LogP contribution in [0.1, 0.15) is 23.9 Å². The van der Waals surface area contributed by atoms with Crippen molar-refractivity contribution in [2.75, 3.05) is 51.1 Å². The van der Waals surface area contributed by atoms with Crippen molar-refractivity contribution in [3.8, 4) is 0 Å². The molecule has 1 aliphatic heterocycles. The number of rotatable bonds is 7. The average Bonchev–Trinajstić information content (AvgIpc) is 3.28. The first kappa shape index (κ1) is 23.1. The van der Waals surface area contributed by atoms with Crippen LogP contribution in [0.4, 0.5) is 5.69 Å². The van der Waals surface area contributed by atoms with E-state index in [1.165, 1.54) is 6.26 Å². The lowest BCUT2D eigenvalue weighted by Gasteiger charge is -2.36. The summed E-state index contributed by atoms with van der Waals surface area (Å²) in [5.74, 6) is 1.28. The Morgan fingerprint density at radius 2 is 1.79 bits per heavy atom. The predicted molar refractivity (Wildman–Crippen MR) is 127 cm³/mol. The molecule has 1 saturated heterocycles. The molecular formula is C21H30IN5O2. The van der Waals surface area contributed by atoms with Gasteiger partial charge in [-0.1, -0.05) is 18.2 Å². The van der Waals surface area contributed by atoms with Gasteiger partial charge in [-0.25, -0.2) is 0 Å². The number of furan rings is 1. The zero-order valence-electron chi connectivity index (χ0n) is 16.8. The van der Waals surface area contributed by atoms with Crippen molar-refractivity contribution in [1.82, 2.24) is 15.1 Å². The van der Waals surface area contributed by atoms with Crippen LogP contribution in [0.3, 0.4) is 0 Å². The molecule has 1 aromatic heterocycles. The monoisotopic (exact) mass is 511 g/mol. The predicted octanol–water partition coefficient (Wildman–Crippen LogP) is 3.12. The van der Waals surface area contributed by atoms with Gasteiger partial charge in [0, 0.05) is 51.5 Å². The minimum Gasteiger partial charge on any atom is -0.459 e. The Morgan fingerprint density at radius 3 is 2.45 bits per heavy atom. The number of nitrogens with one attached hydrogen (secondary N) is 2. The zero-order valence-corrected chi connectivity index (χ0v) is 19.2. The summed E-state index contributed by atoms with van der Waals surface area (Å²) in [6, 6.07) is 13.7. The standard InChI is InChI=1S/C21H29N5O2.HI/c1-2-22-21(24-12-7-11-23-18-8-4-3-5-9-18)26-15-13-25(14-16-26)20(27)19-10-6-17-28-19;/h3-6,8-10,17,23H,2,7,11-16H2,1H3,(H,22,24);1H. The highest BCUT2D eigenvalue weighted by atomic mass is 127. The number of carbonyl (C=O) groups is 1. The maximum Gasteiger partial charge on any atom is 0.289 e. The number of nitrogens with zero attached hydrogens (tertiary/aromatic N) is 3. The third kappa shape index (κ3) is 6.95. The van der Waals surface area contributed by atoms with Gasteiger partial charge in [-0.15, -0.1) is 24.0 Å². The summed E-state index contributed by atoms with van der Waals surface area (Å²) in [6.07, 6.45) is 2.49. The highest BCUT2D eigenvalue weighted by molar-refractivity contribution is 14.0. The summed E-state index contributed by atoms with van der Waals surface area (Å²) in [5.41, 5.74) is 1.13. The first-order valence-electron chi connectivity index (χ1n) is 9.93. The number of benzene rings is 1. The van der Waals surface area contributed by atoms with E-state index in [1.807, 2.05) is 23.1 Å². The Hall–Kier alpha value is -2.23. The number of anilines is 1.